The minimum absolute atomic E-state index is 0.148. The van der Waals surface area contributed by atoms with E-state index < -0.39 is 0 Å². The van der Waals surface area contributed by atoms with Gasteiger partial charge in [-0.2, -0.15) is 0 Å². The van der Waals surface area contributed by atoms with Crippen LogP contribution in [-0.2, 0) is 9.59 Å². The number of anilines is 1. The van der Waals surface area contributed by atoms with Crippen molar-refractivity contribution in [1.82, 2.24) is 9.88 Å². The third-order valence-electron chi connectivity index (χ3n) is 4.31. The number of hydrogen-bond donors (Lipinski definition) is 1. The van der Waals surface area contributed by atoms with Crippen molar-refractivity contribution in [3.63, 3.8) is 0 Å². The molecule has 0 aliphatic carbocycles. The number of fused-ring (bicyclic) bond motifs is 1. The Balaban J connectivity index is 1.33. The fraction of sp³-hybridized carbons (Fsp3) is 0.0909. The number of hydrogen-bond acceptors (Lipinski definition) is 6. The monoisotopic (exact) mass is 451 g/mol. The number of carbonyl (C=O) groups excluding carboxylic acids is 2. The van der Waals surface area contributed by atoms with Crippen LogP contribution in [0.25, 0.3) is 16.3 Å². The highest BCUT2D eigenvalue weighted by molar-refractivity contribution is 8.26. The molecule has 1 N–H and O–H groups in total. The highest BCUT2D eigenvalue weighted by atomic mass is 32.2. The maximum absolute atomic E-state index is 12.6. The SMILES string of the molecule is O=C(CCN1C(=O)C(=CC=Cc2ccccc2)SC1=S)Nc1nc2ccccc2s1. The summed E-state index contributed by atoms with van der Waals surface area (Å²) < 4.78 is 1.48. The Bertz CT molecular complexity index is 1140. The van der Waals surface area contributed by atoms with Gasteiger partial charge in [0.1, 0.15) is 4.32 Å². The zero-order valence-electron chi connectivity index (χ0n) is 15.8. The van der Waals surface area contributed by atoms with Crippen molar-refractivity contribution in [3.8, 4) is 0 Å². The van der Waals surface area contributed by atoms with Crippen molar-refractivity contribution in [3.05, 3.63) is 77.2 Å². The van der Waals surface area contributed by atoms with Gasteiger partial charge in [0.2, 0.25) is 5.91 Å². The molecule has 1 aliphatic heterocycles. The maximum atomic E-state index is 12.6. The predicted molar refractivity (Wildman–Crippen MR) is 128 cm³/mol. The first-order valence-electron chi connectivity index (χ1n) is 9.23. The van der Waals surface area contributed by atoms with Crippen LogP contribution >= 0.6 is 35.3 Å². The predicted octanol–water partition coefficient (Wildman–Crippen LogP) is 5.08. The molecule has 30 heavy (non-hydrogen) atoms. The zero-order chi connectivity index (χ0) is 20.9. The second kappa shape index (κ2) is 9.34. The normalized spacial score (nSPS) is 15.6. The van der Waals surface area contributed by atoms with Gasteiger partial charge in [0.05, 0.1) is 15.1 Å². The number of carbonyl (C=O) groups is 2. The number of allylic oxidation sites excluding steroid dienone is 2. The molecule has 2 heterocycles. The van der Waals surface area contributed by atoms with Crippen molar-refractivity contribution in [2.75, 3.05) is 11.9 Å². The van der Waals surface area contributed by atoms with Crippen LogP contribution in [0, 0.1) is 0 Å². The minimum atomic E-state index is -0.198. The van der Waals surface area contributed by atoms with E-state index in [1.807, 2.05) is 66.7 Å². The number of benzene rings is 2. The molecule has 0 radical (unpaired) electrons. The second-order valence-electron chi connectivity index (χ2n) is 6.41. The van der Waals surface area contributed by atoms with Crippen molar-refractivity contribution in [2.45, 2.75) is 6.42 Å². The van der Waals surface area contributed by atoms with Crippen LogP contribution in [0.1, 0.15) is 12.0 Å². The Kier molecular flexibility index (Phi) is 6.37. The molecular formula is C22H17N3O2S3. The molecule has 0 bridgehead atoms. The summed E-state index contributed by atoms with van der Waals surface area (Å²) in [6, 6.07) is 17.5. The standard InChI is InChI=1S/C22H17N3O2S3/c26-19(24-21-23-16-10-4-5-11-17(16)29-21)13-14-25-20(27)18(30-22(25)28)12-6-9-15-7-2-1-3-8-15/h1-12H,13-14H2,(H,23,24,26). The van der Waals surface area contributed by atoms with Crippen LogP contribution in [0.5, 0.6) is 0 Å². The molecule has 8 heteroatoms. The number of thiazole rings is 1. The van der Waals surface area contributed by atoms with E-state index in [1.54, 1.807) is 6.08 Å². The number of amides is 2. The quantitative estimate of drug-likeness (QED) is 0.418. The van der Waals surface area contributed by atoms with Crippen LogP contribution in [-0.4, -0.2) is 32.6 Å². The number of thioether (sulfide) groups is 1. The van der Waals surface area contributed by atoms with Crippen molar-refractivity contribution in [1.29, 1.82) is 0 Å². The first-order chi connectivity index (χ1) is 14.6. The Morgan fingerprint density at radius 2 is 1.90 bits per heavy atom. The Morgan fingerprint density at radius 3 is 2.70 bits per heavy atom. The second-order valence-corrected chi connectivity index (χ2v) is 9.12. The molecule has 1 aromatic heterocycles. The lowest BCUT2D eigenvalue weighted by atomic mass is 10.2. The third kappa shape index (κ3) is 4.84. The molecule has 2 amide bonds. The molecule has 3 aromatic rings. The molecule has 0 saturated carbocycles. The van der Waals surface area contributed by atoms with E-state index in [9.17, 15) is 9.59 Å². The Hall–Kier alpha value is -2.81. The van der Waals surface area contributed by atoms with Gasteiger partial charge in [-0.1, -0.05) is 89.9 Å². The molecule has 1 aliphatic rings. The number of rotatable bonds is 6. The fourth-order valence-corrected chi connectivity index (χ4v) is 4.98. The lowest BCUT2D eigenvalue weighted by Crippen LogP contribution is -2.31. The summed E-state index contributed by atoms with van der Waals surface area (Å²) in [6.45, 7) is 0.237. The maximum Gasteiger partial charge on any atom is 0.266 e. The van der Waals surface area contributed by atoms with Crippen LogP contribution in [0.15, 0.2) is 71.7 Å². The summed E-state index contributed by atoms with van der Waals surface area (Å²) in [7, 11) is 0. The third-order valence-corrected chi connectivity index (χ3v) is 6.66. The molecule has 1 fully saturated rings. The van der Waals surface area contributed by atoms with Gasteiger partial charge >= 0.3 is 0 Å². The molecular weight excluding hydrogens is 434 g/mol. The van der Waals surface area contributed by atoms with E-state index in [1.165, 1.54) is 28.0 Å². The van der Waals surface area contributed by atoms with Gasteiger partial charge in [-0.15, -0.1) is 0 Å². The van der Waals surface area contributed by atoms with E-state index in [0.29, 0.717) is 14.4 Å². The van der Waals surface area contributed by atoms with E-state index in [0.717, 1.165) is 15.8 Å². The highest BCUT2D eigenvalue weighted by Gasteiger charge is 2.31. The molecule has 4 rings (SSSR count). The number of aromatic nitrogens is 1. The summed E-state index contributed by atoms with van der Waals surface area (Å²) in [5.41, 5.74) is 1.90. The van der Waals surface area contributed by atoms with Gasteiger partial charge in [0.25, 0.3) is 5.91 Å². The van der Waals surface area contributed by atoms with Crippen LogP contribution < -0.4 is 5.32 Å². The van der Waals surface area contributed by atoms with Gasteiger partial charge in [-0.25, -0.2) is 4.98 Å². The van der Waals surface area contributed by atoms with Crippen LogP contribution in [0.3, 0.4) is 0 Å². The van der Waals surface area contributed by atoms with Gasteiger partial charge in [0.15, 0.2) is 5.13 Å². The summed E-state index contributed by atoms with van der Waals surface area (Å²) in [4.78, 5) is 31.4. The van der Waals surface area contributed by atoms with E-state index in [4.69, 9.17) is 12.2 Å². The average molecular weight is 452 g/mol. The van der Waals surface area contributed by atoms with E-state index >= 15 is 0 Å². The molecule has 0 unspecified atom stereocenters. The molecule has 5 nitrogen and oxygen atoms in total. The number of thiocarbonyl (C=S) groups is 1. The number of nitrogens with one attached hydrogen (secondary N) is 1. The molecule has 0 spiro atoms. The molecule has 150 valence electrons. The average Bonchev–Trinajstić information content (AvgIpc) is 3.27. The smallest absolute Gasteiger partial charge is 0.266 e. The Morgan fingerprint density at radius 1 is 1.13 bits per heavy atom. The number of nitrogens with zero attached hydrogens (tertiary/aromatic N) is 2. The molecule has 0 atom stereocenters. The highest BCUT2D eigenvalue weighted by Crippen LogP contribution is 2.31. The molecule has 1 saturated heterocycles. The first-order valence-corrected chi connectivity index (χ1v) is 11.3. The van der Waals surface area contributed by atoms with Gasteiger partial charge in [-0.3, -0.25) is 14.5 Å². The molecule has 2 aromatic carbocycles. The first kappa shape index (κ1) is 20.5. The van der Waals surface area contributed by atoms with Crippen LogP contribution in [0.4, 0.5) is 5.13 Å². The van der Waals surface area contributed by atoms with E-state index in [-0.39, 0.29) is 24.8 Å². The van der Waals surface area contributed by atoms with Gasteiger partial charge < -0.3 is 5.32 Å². The number of para-hydroxylation sites is 1. The summed E-state index contributed by atoms with van der Waals surface area (Å²) in [5.74, 6) is -0.369. The zero-order valence-corrected chi connectivity index (χ0v) is 18.2. The largest absolute Gasteiger partial charge is 0.302 e. The fourth-order valence-electron chi connectivity index (χ4n) is 2.84. The summed E-state index contributed by atoms with van der Waals surface area (Å²) in [6.07, 6.45) is 5.67. The Labute approximate surface area is 187 Å². The van der Waals surface area contributed by atoms with Crippen molar-refractivity contribution < 1.29 is 9.59 Å². The topological polar surface area (TPSA) is 62.3 Å². The summed E-state index contributed by atoms with van der Waals surface area (Å²) in [5, 5.41) is 3.36. The van der Waals surface area contributed by atoms with Crippen molar-refractivity contribution in [2.24, 2.45) is 0 Å². The summed E-state index contributed by atoms with van der Waals surface area (Å²) >= 11 is 8.00. The lowest BCUT2D eigenvalue weighted by molar-refractivity contribution is -0.122. The van der Waals surface area contributed by atoms with Gasteiger partial charge in [0, 0.05) is 13.0 Å². The minimum Gasteiger partial charge on any atom is -0.302 e. The van der Waals surface area contributed by atoms with Gasteiger partial charge in [-0.05, 0) is 23.8 Å². The van der Waals surface area contributed by atoms with Crippen molar-refractivity contribution >= 4 is 72.9 Å². The lowest BCUT2D eigenvalue weighted by Gasteiger charge is -2.13. The van der Waals surface area contributed by atoms with Crippen LogP contribution in [0.2, 0.25) is 0 Å². The van der Waals surface area contributed by atoms with E-state index in [2.05, 4.69) is 10.3 Å².